The van der Waals surface area contributed by atoms with Crippen LogP contribution in [0, 0.1) is 13.8 Å². The zero-order valence-corrected chi connectivity index (χ0v) is 23.1. The van der Waals surface area contributed by atoms with E-state index in [0.29, 0.717) is 67.0 Å². The van der Waals surface area contributed by atoms with Crippen LogP contribution in [-0.2, 0) is 22.6 Å². The molecular weight excluding hydrogens is 510 g/mol. The normalized spacial score (nSPS) is 15.0. The Hall–Kier alpha value is -4.47. The molecule has 0 fully saturated rings. The average Bonchev–Trinajstić information content (AvgIpc) is 3.20. The van der Waals surface area contributed by atoms with E-state index in [2.05, 4.69) is 15.7 Å². The lowest BCUT2D eigenvalue weighted by atomic mass is 9.98. The zero-order valence-electron chi connectivity index (χ0n) is 23.1. The number of hydrogen-bond acceptors (Lipinski definition) is 6. The minimum absolute atomic E-state index is 0.0867. The number of fused-ring (bicyclic) bond motifs is 5. The van der Waals surface area contributed by atoms with Crippen LogP contribution < -0.4 is 10.6 Å². The van der Waals surface area contributed by atoms with E-state index in [-0.39, 0.29) is 42.3 Å². The minimum atomic E-state index is -0.285. The molecule has 1 aromatic heterocycles. The summed E-state index contributed by atoms with van der Waals surface area (Å²) in [5, 5.41) is 20.6. The van der Waals surface area contributed by atoms with Gasteiger partial charge in [-0.25, -0.2) is 0 Å². The van der Waals surface area contributed by atoms with Gasteiger partial charge in [0.15, 0.2) is 5.78 Å². The molecule has 4 rings (SSSR count). The van der Waals surface area contributed by atoms with Crippen molar-refractivity contribution in [2.24, 2.45) is 0 Å². The van der Waals surface area contributed by atoms with Gasteiger partial charge in [0, 0.05) is 36.5 Å². The lowest BCUT2D eigenvalue weighted by Gasteiger charge is -2.23. The molecule has 2 aromatic carbocycles. The molecule has 1 aliphatic heterocycles. The molecule has 0 spiro atoms. The van der Waals surface area contributed by atoms with Gasteiger partial charge in [-0.1, -0.05) is 18.2 Å². The van der Waals surface area contributed by atoms with Gasteiger partial charge < -0.3 is 20.6 Å². The van der Waals surface area contributed by atoms with Crippen LogP contribution in [0.2, 0.25) is 0 Å². The van der Waals surface area contributed by atoms with Gasteiger partial charge in [-0.05, 0) is 75.4 Å². The molecule has 0 atom stereocenters. The highest BCUT2D eigenvalue weighted by Crippen LogP contribution is 2.31. The van der Waals surface area contributed by atoms with E-state index in [9.17, 15) is 24.3 Å². The molecule has 0 aliphatic carbocycles. The van der Waals surface area contributed by atoms with E-state index >= 15 is 0 Å². The first-order chi connectivity index (χ1) is 19.1. The van der Waals surface area contributed by atoms with Gasteiger partial charge in [-0.15, -0.1) is 0 Å². The van der Waals surface area contributed by atoms with Gasteiger partial charge in [0.2, 0.25) is 11.8 Å². The van der Waals surface area contributed by atoms with Crippen molar-refractivity contribution in [2.45, 2.75) is 46.6 Å². The molecule has 3 amide bonds. The molecule has 10 nitrogen and oxygen atoms in total. The number of carbonyl (C=O) groups excluding carboxylic acids is 4. The predicted octanol–water partition coefficient (Wildman–Crippen LogP) is 2.79. The summed E-state index contributed by atoms with van der Waals surface area (Å²) in [5.41, 5.74) is 4.41. The minimum Gasteiger partial charge on any atom is -0.507 e. The number of Topliss-reactive ketones (excluding diaryl/α,β-unsaturated/α-hetero) is 1. The number of nitrogens with one attached hydrogen (secondary N) is 2. The van der Waals surface area contributed by atoms with E-state index < -0.39 is 0 Å². The second kappa shape index (κ2) is 12.6. The summed E-state index contributed by atoms with van der Waals surface area (Å²) in [6.45, 7) is 5.84. The number of ketones is 1. The number of aromatic hydroxyl groups is 1. The molecule has 2 heterocycles. The Kier molecular flexibility index (Phi) is 8.98. The van der Waals surface area contributed by atoms with Crippen molar-refractivity contribution in [3.05, 3.63) is 70.5 Å². The van der Waals surface area contributed by atoms with Gasteiger partial charge in [0.1, 0.15) is 12.3 Å². The summed E-state index contributed by atoms with van der Waals surface area (Å²) in [4.78, 5) is 52.4. The molecule has 0 unspecified atom stereocenters. The van der Waals surface area contributed by atoms with E-state index in [1.54, 1.807) is 44.2 Å². The first-order valence-electron chi connectivity index (χ1n) is 13.4. The summed E-state index contributed by atoms with van der Waals surface area (Å²) in [6.07, 6.45) is 1.70. The van der Waals surface area contributed by atoms with Crippen molar-refractivity contribution < 1.29 is 24.3 Å². The van der Waals surface area contributed by atoms with Gasteiger partial charge >= 0.3 is 0 Å². The smallest absolute Gasteiger partial charge is 0.251 e. The molecule has 1 aliphatic rings. The van der Waals surface area contributed by atoms with Crippen LogP contribution in [0.3, 0.4) is 0 Å². The standard InChI is InChI=1S/C30H35N5O5/c1-19-29(21(3)36)20(2)35(33-19)18-28(39)34-14-5-4-12-32-30(40)24-8-6-7-23(16-24)25-15-22(9-10-26(25)37)11-13-31-27(38)17-34/h6-10,15-16,37H,4-5,11-14,17-18H2,1-3H3,(H,31,38)(H,32,40). The predicted molar refractivity (Wildman–Crippen MR) is 150 cm³/mol. The average molecular weight is 546 g/mol. The first-order valence-corrected chi connectivity index (χ1v) is 13.4. The number of amides is 3. The van der Waals surface area contributed by atoms with Gasteiger partial charge in [-0.2, -0.15) is 5.10 Å². The second-order valence-electron chi connectivity index (χ2n) is 10.1. The third-order valence-corrected chi connectivity index (χ3v) is 7.08. The van der Waals surface area contributed by atoms with E-state index in [1.807, 2.05) is 12.1 Å². The van der Waals surface area contributed by atoms with Crippen molar-refractivity contribution in [3.63, 3.8) is 0 Å². The molecule has 0 radical (unpaired) electrons. The maximum absolute atomic E-state index is 13.3. The Morgan fingerprint density at radius 1 is 1.00 bits per heavy atom. The number of phenols is 1. The molecule has 210 valence electrons. The monoisotopic (exact) mass is 545 g/mol. The first kappa shape index (κ1) is 28.5. The molecular formula is C30H35N5O5. The highest BCUT2D eigenvalue weighted by Gasteiger charge is 2.22. The van der Waals surface area contributed by atoms with Crippen molar-refractivity contribution in [1.29, 1.82) is 0 Å². The van der Waals surface area contributed by atoms with Crippen LogP contribution in [0.1, 0.15) is 57.4 Å². The largest absolute Gasteiger partial charge is 0.507 e. The fourth-order valence-corrected chi connectivity index (χ4v) is 4.99. The topological polar surface area (TPSA) is 134 Å². The van der Waals surface area contributed by atoms with Crippen LogP contribution in [0.5, 0.6) is 5.75 Å². The van der Waals surface area contributed by atoms with Gasteiger partial charge in [0.25, 0.3) is 5.91 Å². The molecule has 10 heteroatoms. The summed E-state index contributed by atoms with van der Waals surface area (Å²) in [6, 6.07) is 12.3. The van der Waals surface area contributed by atoms with Crippen LogP contribution >= 0.6 is 0 Å². The van der Waals surface area contributed by atoms with Crippen LogP contribution in [-0.4, -0.2) is 69.5 Å². The summed E-state index contributed by atoms with van der Waals surface area (Å²) in [5.74, 6) is -0.802. The van der Waals surface area contributed by atoms with Crippen LogP contribution in [0.25, 0.3) is 11.1 Å². The number of benzene rings is 2. The van der Waals surface area contributed by atoms with Crippen molar-refractivity contribution in [3.8, 4) is 16.9 Å². The van der Waals surface area contributed by atoms with Crippen LogP contribution in [0.15, 0.2) is 42.5 Å². The highest BCUT2D eigenvalue weighted by atomic mass is 16.3. The summed E-state index contributed by atoms with van der Waals surface area (Å²) >= 11 is 0. The summed E-state index contributed by atoms with van der Waals surface area (Å²) < 4.78 is 1.51. The maximum atomic E-state index is 13.3. The number of phenolic OH excluding ortho intramolecular Hbond substituents is 1. The fourth-order valence-electron chi connectivity index (χ4n) is 4.99. The second-order valence-corrected chi connectivity index (χ2v) is 10.1. The number of aryl methyl sites for hydroxylation is 1. The zero-order chi connectivity index (χ0) is 28.8. The van der Waals surface area contributed by atoms with Crippen molar-refractivity contribution in [2.75, 3.05) is 26.2 Å². The Labute approximate surface area is 233 Å². The van der Waals surface area contributed by atoms with Crippen molar-refractivity contribution >= 4 is 23.5 Å². The number of aromatic nitrogens is 2. The SMILES string of the molecule is CC(=O)c1c(C)nn(CC(=O)N2CCCCNC(=O)c3cccc(c3)-c3cc(ccc3O)CCNC(=O)C2)c1C. The lowest BCUT2D eigenvalue weighted by molar-refractivity contribution is -0.136. The number of hydrogen-bond donors (Lipinski definition) is 3. The number of nitrogens with zero attached hydrogens (tertiary/aromatic N) is 3. The maximum Gasteiger partial charge on any atom is 0.251 e. The summed E-state index contributed by atoms with van der Waals surface area (Å²) in [7, 11) is 0. The van der Waals surface area contributed by atoms with Crippen LogP contribution in [0.4, 0.5) is 0 Å². The molecule has 3 aromatic rings. The van der Waals surface area contributed by atoms with E-state index in [0.717, 1.165) is 11.1 Å². The lowest BCUT2D eigenvalue weighted by Crippen LogP contribution is -2.43. The highest BCUT2D eigenvalue weighted by molar-refractivity contribution is 5.96. The van der Waals surface area contributed by atoms with E-state index in [4.69, 9.17) is 0 Å². The van der Waals surface area contributed by atoms with Gasteiger partial charge in [-0.3, -0.25) is 23.9 Å². The Bertz CT molecular complexity index is 1440. The van der Waals surface area contributed by atoms with Gasteiger partial charge in [0.05, 0.1) is 17.8 Å². The Morgan fingerprint density at radius 2 is 1.77 bits per heavy atom. The number of carbonyl (C=O) groups is 4. The molecule has 0 saturated heterocycles. The number of rotatable bonds is 3. The molecule has 0 saturated carbocycles. The fraction of sp³-hybridized carbons (Fsp3) is 0.367. The Balaban J connectivity index is 1.52. The molecule has 4 bridgehead atoms. The van der Waals surface area contributed by atoms with Crippen molar-refractivity contribution in [1.82, 2.24) is 25.3 Å². The third kappa shape index (κ3) is 6.74. The molecule has 40 heavy (non-hydrogen) atoms. The van der Waals surface area contributed by atoms with E-state index in [1.165, 1.54) is 16.5 Å². The quantitative estimate of drug-likeness (QED) is 0.434. The third-order valence-electron chi connectivity index (χ3n) is 7.08. The Morgan fingerprint density at radius 3 is 2.52 bits per heavy atom. The molecule has 3 N–H and O–H groups in total.